The van der Waals surface area contributed by atoms with E-state index >= 15 is 0 Å². The number of benzene rings is 2. The van der Waals surface area contributed by atoms with Gasteiger partial charge in [-0.05, 0) is 82.0 Å². The molecule has 208 valence electrons. The van der Waals surface area contributed by atoms with E-state index in [2.05, 4.69) is 21.2 Å². The highest BCUT2D eigenvalue weighted by Gasteiger charge is 2.39. The van der Waals surface area contributed by atoms with Crippen LogP contribution in [0, 0.1) is 0 Å². The summed E-state index contributed by atoms with van der Waals surface area (Å²) >= 11 is 3.37. The van der Waals surface area contributed by atoms with Crippen LogP contribution in [-0.4, -0.2) is 24.0 Å². The molecule has 1 amide bonds. The molecule has 2 aromatic rings. The molecule has 1 N–H and O–H groups in total. The fourth-order valence-electron chi connectivity index (χ4n) is 4.25. The first-order valence-electron chi connectivity index (χ1n) is 11.7. The molecule has 38 heavy (non-hydrogen) atoms. The zero-order valence-electron chi connectivity index (χ0n) is 21.1. The van der Waals surface area contributed by atoms with Gasteiger partial charge in [0.2, 0.25) is 0 Å². The predicted molar refractivity (Wildman–Crippen MR) is 133 cm³/mol. The molecule has 0 radical (unpaired) electrons. The minimum Gasteiger partial charge on any atom is -0.443 e. The number of alkyl halides is 6. The second kappa shape index (κ2) is 10.9. The number of amides is 1. The lowest BCUT2D eigenvalue weighted by atomic mass is 9.94. The Kier molecular flexibility index (Phi) is 8.57. The molecule has 2 aromatic carbocycles. The smallest absolute Gasteiger partial charge is 0.416 e. The number of halogens is 7. The summed E-state index contributed by atoms with van der Waals surface area (Å²) in [5.74, 6) is -0.663. The average molecular weight is 609 g/mol. The van der Waals surface area contributed by atoms with Crippen LogP contribution >= 0.6 is 15.9 Å². The van der Waals surface area contributed by atoms with E-state index in [1.807, 2.05) is 0 Å². The molecule has 1 heterocycles. The first-order chi connectivity index (χ1) is 17.4. The van der Waals surface area contributed by atoms with Crippen LogP contribution in [0.4, 0.5) is 36.8 Å². The average Bonchev–Trinajstić information content (AvgIpc) is 2.93. The number of nitrogens with zero attached hydrogens (tertiary/aromatic N) is 1. The number of nitrogens with one attached hydrogen (secondary N) is 1. The number of hydrogen-bond donors (Lipinski definition) is 1. The third-order valence-corrected chi connectivity index (χ3v) is 6.36. The maximum absolute atomic E-state index is 13.5. The summed E-state index contributed by atoms with van der Waals surface area (Å²) in [4.78, 5) is 27.0. The van der Waals surface area contributed by atoms with Gasteiger partial charge in [0, 0.05) is 17.1 Å². The predicted octanol–water partition coefficient (Wildman–Crippen LogP) is 7.98. The minimum absolute atomic E-state index is 0.0257. The van der Waals surface area contributed by atoms with E-state index < -0.39 is 58.6 Å². The highest BCUT2D eigenvalue weighted by molar-refractivity contribution is 9.10. The zero-order valence-corrected chi connectivity index (χ0v) is 22.6. The Morgan fingerprint density at radius 2 is 1.58 bits per heavy atom. The largest absolute Gasteiger partial charge is 0.443 e. The van der Waals surface area contributed by atoms with Gasteiger partial charge in [0.1, 0.15) is 5.60 Å². The van der Waals surface area contributed by atoms with Gasteiger partial charge in [-0.15, -0.1) is 0 Å². The Labute approximate surface area is 224 Å². The molecule has 0 aromatic heterocycles. The van der Waals surface area contributed by atoms with E-state index in [0.29, 0.717) is 40.7 Å². The molecule has 1 aliphatic heterocycles. The first kappa shape index (κ1) is 29.9. The van der Waals surface area contributed by atoms with Crippen molar-refractivity contribution in [2.75, 3.05) is 11.4 Å². The Morgan fingerprint density at radius 1 is 1.00 bits per heavy atom. The SMILES string of the molecule is CC(=O)C(NC1CCCN(C(=O)OC(C)(C)C)c2cc(Br)ccc21)c1cc(C(F)(F)F)cc(C(F)(F)F)c1. The molecular weight excluding hydrogens is 582 g/mol. The van der Waals surface area contributed by atoms with Crippen LogP contribution in [0.3, 0.4) is 0 Å². The number of carbonyl (C=O) groups is 2. The van der Waals surface area contributed by atoms with Crippen molar-refractivity contribution >= 4 is 33.5 Å². The molecule has 5 nitrogen and oxygen atoms in total. The molecule has 0 fully saturated rings. The lowest BCUT2D eigenvalue weighted by Gasteiger charge is -2.29. The fraction of sp³-hybridized carbons (Fsp3) is 0.462. The van der Waals surface area contributed by atoms with Crippen molar-refractivity contribution in [1.82, 2.24) is 5.32 Å². The lowest BCUT2D eigenvalue weighted by molar-refractivity contribution is -0.143. The second-order valence-corrected chi connectivity index (χ2v) is 11.0. The van der Waals surface area contributed by atoms with Crippen molar-refractivity contribution in [3.05, 3.63) is 63.1 Å². The quantitative estimate of drug-likeness (QED) is 0.357. The summed E-state index contributed by atoms with van der Waals surface area (Å²) in [6.07, 6.45) is -9.93. The Morgan fingerprint density at radius 3 is 2.08 bits per heavy atom. The van der Waals surface area contributed by atoms with Crippen molar-refractivity contribution in [2.45, 2.75) is 70.6 Å². The van der Waals surface area contributed by atoms with Crippen LogP contribution < -0.4 is 10.2 Å². The summed E-state index contributed by atoms with van der Waals surface area (Å²) in [5, 5.41) is 2.97. The second-order valence-electron chi connectivity index (χ2n) is 10.1. The van der Waals surface area contributed by atoms with Gasteiger partial charge in [-0.2, -0.15) is 26.3 Å². The van der Waals surface area contributed by atoms with E-state index in [1.54, 1.807) is 39.0 Å². The maximum atomic E-state index is 13.5. The van der Waals surface area contributed by atoms with Crippen LogP contribution in [0.2, 0.25) is 0 Å². The monoisotopic (exact) mass is 608 g/mol. The van der Waals surface area contributed by atoms with Gasteiger partial charge in [0.25, 0.3) is 0 Å². The van der Waals surface area contributed by atoms with Crippen LogP contribution in [0.5, 0.6) is 0 Å². The van der Waals surface area contributed by atoms with Crippen molar-refractivity contribution in [1.29, 1.82) is 0 Å². The zero-order chi connectivity index (χ0) is 28.6. The van der Waals surface area contributed by atoms with Crippen LogP contribution in [0.25, 0.3) is 0 Å². The summed E-state index contributed by atoms with van der Waals surface area (Å²) in [5.41, 5.74) is -3.23. The highest BCUT2D eigenvalue weighted by Crippen LogP contribution is 2.40. The summed E-state index contributed by atoms with van der Waals surface area (Å²) in [6.45, 7) is 6.50. The number of Topliss-reactive ketones (excluding diaryl/α,β-unsaturated/α-hetero) is 1. The van der Waals surface area contributed by atoms with Gasteiger partial charge in [0.05, 0.1) is 22.9 Å². The normalized spacial score (nSPS) is 17.4. The van der Waals surface area contributed by atoms with Gasteiger partial charge < -0.3 is 4.74 Å². The van der Waals surface area contributed by atoms with E-state index in [0.717, 1.165) is 6.92 Å². The molecule has 0 aliphatic carbocycles. The number of hydrogen-bond acceptors (Lipinski definition) is 4. The Hall–Kier alpha value is -2.60. The molecule has 0 spiro atoms. The third-order valence-electron chi connectivity index (χ3n) is 5.86. The number of ether oxygens (including phenoxy) is 1. The van der Waals surface area contributed by atoms with Crippen molar-refractivity contribution < 1.29 is 40.7 Å². The van der Waals surface area contributed by atoms with Gasteiger partial charge in [-0.1, -0.05) is 22.0 Å². The molecule has 0 saturated heterocycles. The van der Waals surface area contributed by atoms with Crippen LogP contribution in [-0.2, 0) is 21.9 Å². The fourth-order valence-corrected chi connectivity index (χ4v) is 4.60. The van der Waals surface area contributed by atoms with E-state index in [9.17, 15) is 35.9 Å². The molecule has 12 heteroatoms. The van der Waals surface area contributed by atoms with Gasteiger partial charge >= 0.3 is 18.4 Å². The first-order valence-corrected chi connectivity index (χ1v) is 12.5. The standard InChI is InChI=1S/C26H27BrF6N2O3/c1-14(36)22(15-10-16(25(28,29)30)12-17(11-15)26(31,32)33)34-20-6-5-9-35(23(37)38-24(2,3)4)21-13-18(27)7-8-19(20)21/h7-8,10-13,20,22,34H,5-6,9H2,1-4H3. The number of ketones is 1. The molecule has 3 rings (SSSR count). The van der Waals surface area contributed by atoms with Crippen LogP contribution in [0.15, 0.2) is 40.9 Å². The molecular formula is C26H27BrF6N2O3. The lowest BCUT2D eigenvalue weighted by Crippen LogP contribution is -2.37. The van der Waals surface area contributed by atoms with Gasteiger partial charge in [-0.25, -0.2) is 4.79 Å². The van der Waals surface area contributed by atoms with Crippen molar-refractivity contribution in [3.63, 3.8) is 0 Å². The van der Waals surface area contributed by atoms with Crippen molar-refractivity contribution in [2.24, 2.45) is 0 Å². The van der Waals surface area contributed by atoms with Gasteiger partial charge in [-0.3, -0.25) is 15.0 Å². The summed E-state index contributed by atoms with van der Waals surface area (Å²) in [7, 11) is 0. The topological polar surface area (TPSA) is 58.6 Å². The summed E-state index contributed by atoms with van der Waals surface area (Å²) in [6, 6.07) is 4.06. The number of anilines is 1. The van der Waals surface area contributed by atoms with Crippen molar-refractivity contribution in [3.8, 4) is 0 Å². The molecule has 2 unspecified atom stereocenters. The number of carbonyl (C=O) groups excluding carboxylic acids is 2. The van der Waals surface area contributed by atoms with E-state index in [4.69, 9.17) is 4.74 Å². The van der Waals surface area contributed by atoms with E-state index in [1.165, 1.54) is 4.90 Å². The molecule has 0 saturated carbocycles. The minimum atomic E-state index is -5.05. The van der Waals surface area contributed by atoms with Crippen LogP contribution in [0.1, 0.15) is 74.9 Å². The number of rotatable bonds is 4. The van der Waals surface area contributed by atoms with E-state index in [-0.39, 0.29) is 12.6 Å². The molecule has 1 aliphatic rings. The molecule has 2 atom stereocenters. The third kappa shape index (κ3) is 7.28. The summed E-state index contributed by atoms with van der Waals surface area (Å²) < 4.78 is 86.9. The Balaban J connectivity index is 2.06. The number of fused-ring (bicyclic) bond motifs is 1. The molecule has 0 bridgehead atoms. The highest BCUT2D eigenvalue weighted by atomic mass is 79.9. The van der Waals surface area contributed by atoms with Gasteiger partial charge in [0.15, 0.2) is 5.78 Å². The maximum Gasteiger partial charge on any atom is 0.416 e. The Bertz CT molecular complexity index is 1170.